The molecule has 11 heteroatoms. The fourth-order valence-electron chi connectivity index (χ4n) is 5.18. The van der Waals surface area contributed by atoms with Crippen molar-refractivity contribution in [3.05, 3.63) is 161 Å². The van der Waals surface area contributed by atoms with Crippen LogP contribution in [0.3, 0.4) is 0 Å². The molecule has 1 aromatic heterocycles. The topological polar surface area (TPSA) is 119 Å². The minimum absolute atomic E-state index is 0.0229. The molecular weight excluding hydrogens is 693 g/mol. The minimum Gasteiger partial charge on any atom is -0.497 e. The average molecular weight is 727 g/mol. The first-order valence-electron chi connectivity index (χ1n) is 16.1. The summed E-state index contributed by atoms with van der Waals surface area (Å²) in [6, 6.07) is 40.1. The van der Waals surface area contributed by atoms with Crippen molar-refractivity contribution >= 4 is 57.7 Å². The maximum absolute atomic E-state index is 13.8. The third-order valence-corrected chi connectivity index (χ3v) is 9.76. The standard InChI is InChI=1S/C41H34N4O5S2/c1-49-32-20-11-18-29(23-32)35-26-51-41(44-35)45-40(48)37(27-13-5-3-6-14-27)52-33-21-12-19-31(25-33)42-39(47)34(24-30-17-9-10-22-36(30)50-2)43-38(46)28-15-7-4-8-16-28/h3-26,37H,1-2H3,(H,42,47)(H,43,46)(H,44,45,48)/b34-24+. The zero-order valence-corrected chi connectivity index (χ0v) is 29.9. The van der Waals surface area contributed by atoms with Crippen molar-refractivity contribution in [2.24, 2.45) is 0 Å². The largest absolute Gasteiger partial charge is 0.497 e. The van der Waals surface area contributed by atoms with Gasteiger partial charge in [-0.25, -0.2) is 4.98 Å². The zero-order chi connectivity index (χ0) is 36.3. The maximum Gasteiger partial charge on any atom is 0.272 e. The van der Waals surface area contributed by atoms with Crippen LogP contribution in [0.25, 0.3) is 17.3 Å². The number of carbonyl (C=O) groups is 3. The van der Waals surface area contributed by atoms with Crippen LogP contribution in [0.4, 0.5) is 10.8 Å². The van der Waals surface area contributed by atoms with Gasteiger partial charge >= 0.3 is 0 Å². The highest BCUT2D eigenvalue weighted by molar-refractivity contribution is 8.00. The van der Waals surface area contributed by atoms with Crippen LogP contribution in [0.2, 0.25) is 0 Å². The SMILES string of the molecule is COc1cccc(-c2csc(NC(=O)C(Sc3cccc(NC(=O)/C(=C\c4ccccc4OC)NC(=O)c4ccccc4)c3)c3ccccc3)n2)c1. The van der Waals surface area contributed by atoms with Crippen molar-refractivity contribution in [1.29, 1.82) is 0 Å². The third kappa shape index (κ3) is 9.13. The Morgan fingerprint density at radius 3 is 2.27 bits per heavy atom. The minimum atomic E-state index is -0.637. The fourth-order valence-corrected chi connectivity index (χ4v) is 6.99. The summed E-state index contributed by atoms with van der Waals surface area (Å²) >= 11 is 2.68. The molecule has 0 aliphatic carbocycles. The van der Waals surface area contributed by atoms with Gasteiger partial charge in [0, 0.05) is 32.7 Å². The summed E-state index contributed by atoms with van der Waals surface area (Å²) in [4.78, 5) is 46.2. The van der Waals surface area contributed by atoms with Crippen LogP contribution in [0, 0.1) is 0 Å². The van der Waals surface area contributed by atoms with Crippen LogP contribution in [0.15, 0.2) is 149 Å². The van der Waals surface area contributed by atoms with E-state index < -0.39 is 17.1 Å². The van der Waals surface area contributed by atoms with E-state index in [1.807, 2.05) is 84.2 Å². The second kappa shape index (κ2) is 17.2. The second-order valence-corrected chi connectivity index (χ2v) is 13.3. The van der Waals surface area contributed by atoms with Crippen molar-refractivity contribution in [2.45, 2.75) is 10.1 Å². The van der Waals surface area contributed by atoms with Crippen molar-refractivity contribution in [3.63, 3.8) is 0 Å². The average Bonchev–Trinajstić information content (AvgIpc) is 3.66. The molecule has 52 heavy (non-hydrogen) atoms. The quantitative estimate of drug-likeness (QED) is 0.0805. The summed E-state index contributed by atoms with van der Waals surface area (Å²) in [7, 11) is 3.15. The number of nitrogens with zero attached hydrogens (tertiary/aromatic N) is 1. The third-order valence-electron chi connectivity index (χ3n) is 7.75. The molecular formula is C41H34N4O5S2. The Balaban J connectivity index is 1.22. The zero-order valence-electron chi connectivity index (χ0n) is 28.2. The summed E-state index contributed by atoms with van der Waals surface area (Å²) in [5.74, 6) is 0.0391. The molecule has 0 fully saturated rings. The summed E-state index contributed by atoms with van der Waals surface area (Å²) in [5.41, 5.74) is 3.92. The van der Waals surface area contributed by atoms with Crippen molar-refractivity contribution in [2.75, 3.05) is 24.9 Å². The van der Waals surface area contributed by atoms with E-state index in [2.05, 4.69) is 20.9 Å². The number of rotatable bonds is 13. The molecule has 0 spiro atoms. The highest BCUT2D eigenvalue weighted by Crippen LogP contribution is 2.38. The van der Waals surface area contributed by atoms with Gasteiger partial charge < -0.3 is 25.4 Å². The van der Waals surface area contributed by atoms with Crippen LogP contribution < -0.4 is 25.4 Å². The molecule has 1 unspecified atom stereocenters. The number of thioether (sulfide) groups is 1. The highest BCUT2D eigenvalue weighted by Gasteiger charge is 2.24. The molecule has 1 atom stereocenters. The predicted molar refractivity (Wildman–Crippen MR) is 208 cm³/mol. The first-order chi connectivity index (χ1) is 25.4. The Morgan fingerprint density at radius 2 is 1.50 bits per heavy atom. The van der Waals surface area contributed by atoms with Gasteiger partial charge in [-0.05, 0) is 60.2 Å². The monoisotopic (exact) mass is 726 g/mol. The molecule has 3 amide bonds. The van der Waals surface area contributed by atoms with Gasteiger partial charge in [0.25, 0.3) is 11.8 Å². The molecule has 0 radical (unpaired) electrons. The van der Waals surface area contributed by atoms with Crippen LogP contribution in [-0.4, -0.2) is 36.9 Å². The number of anilines is 2. The van der Waals surface area contributed by atoms with Gasteiger partial charge in [-0.1, -0.05) is 84.9 Å². The lowest BCUT2D eigenvalue weighted by molar-refractivity contribution is -0.116. The lowest BCUT2D eigenvalue weighted by Crippen LogP contribution is -2.30. The number of nitrogens with one attached hydrogen (secondary N) is 3. The van der Waals surface area contributed by atoms with Crippen molar-refractivity contribution in [3.8, 4) is 22.8 Å². The summed E-state index contributed by atoms with van der Waals surface area (Å²) < 4.78 is 10.8. The number of benzene rings is 5. The molecule has 5 aromatic carbocycles. The number of hydrogen-bond acceptors (Lipinski definition) is 8. The number of amides is 3. The highest BCUT2D eigenvalue weighted by atomic mass is 32.2. The summed E-state index contributed by atoms with van der Waals surface area (Å²) in [5, 5.41) is 10.4. The van der Waals surface area contributed by atoms with Gasteiger partial charge in [0.15, 0.2) is 5.13 Å². The molecule has 0 saturated carbocycles. The Kier molecular flexibility index (Phi) is 11.8. The van der Waals surface area contributed by atoms with Gasteiger partial charge in [-0.3, -0.25) is 14.4 Å². The number of ether oxygens (including phenoxy) is 2. The maximum atomic E-state index is 13.8. The van der Waals surface area contributed by atoms with Crippen molar-refractivity contribution in [1.82, 2.24) is 10.3 Å². The van der Waals surface area contributed by atoms with Gasteiger partial charge in [-0.15, -0.1) is 23.1 Å². The lowest BCUT2D eigenvalue weighted by Gasteiger charge is -2.17. The molecule has 6 rings (SSSR count). The van der Waals surface area contributed by atoms with Crippen LogP contribution in [0.5, 0.6) is 11.5 Å². The number of methoxy groups -OCH3 is 2. The fraction of sp³-hybridized carbons (Fsp3) is 0.0732. The number of hydrogen-bond donors (Lipinski definition) is 3. The van der Waals surface area contributed by atoms with Crippen LogP contribution in [0.1, 0.15) is 26.7 Å². The lowest BCUT2D eigenvalue weighted by atomic mass is 10.1. The van der Waals surface area contributed by atoms with Gasteiger partial charge in [0.05, 0.1) is 19.9 Å². The second-order valence-electron chi connectivity index (χ2n) is 11.3. The predicted octanol–water partition coefficient (Wildman–Crippen LogP) is 8.71. The number of carbonyl (C=O) groups excluding carboxylic acids is 3. The van der Waals surface area contributed by atoms with E-state index in [4.69, 9.17) is 9.47 Å². The Hall–Kier alpha value is -6.17. The van der Waals surface area contributed by atoms with Crippen molar-refractivity contribution < 1.29 is 23.9 Å². The van der Waals surface area contributed by atoms with Gasteiger partial charge in [-0.2, -0.15) is 0 Å². The van der Waals surface area contributed by atoms with E-state index in [0.717, 1.165) is 27.5 Å². The number of aromatic nitrogens is 1. The molecule has 3 N–H and O–H groups in total. The molecule has 1 heterocycles. The summed E-state index contributed by atoms with van der Waals surface area (Å²) in [6.45, 7) is 0. The van der Waals surface area contributed by atoms with Gasteiger partial charge in [0.1, 0.15) is 22.4 Å². The number of thiazole rings is 1. The van der Waals surface area contributed by atoms with E-state index in [-0.39, 0.29) is 11.6 Å². The molecule has 9 nitrogen and oxygen atoms in total. The normalized spacial score (nSPS) is 11.6. The molecule has 0 aliphatic heterocycles. The van der Waals surface area contributed by atoms with Crippen LogP contribution >= 0.6 is 23.1 Å². The van der Waals surface area contributed by atoms with E-state index in [1.165, 1.54) is 30.2 Å². The summed E-state index contributed by atoms with van der Waals surface area (Å²) in [6.07, 6.45) is 1.57. The van der Waals surface area contributed by atoms with E-state index in [1.54, 1.807) is 67.8 Å². The smallest absolute Gasteiger partial charge is 0.272 e. The van der Waals surface area contributed by atoms with E-state index in [9.17, 15) is 14.4 Å². The Bertz CT molecular complexity index is 2210. The molecule has 0 aliphatic rings. The first-order valence-corrected chi connectivity index (χ1v) is 17.9. The molecule has 6 aromatic rings. The molecule has 260 valence electrons. The van der Waals surface area contributed by atoms with Gasteiger partial charge in [0.2, 0.25) is 5.91 Å². The molecule has 0 saturated heterocycles. The molecule has 0 bridgehead atoms. The van der Waals surface area contributed by atoms with E-state index in [0.29, 0.717) is 27.7 Å². The first kappa shape index (κ1) is 35.6. The van der Waals surface area contributed by atoms with Crippen LogP contribution in [-0.2, 0) is 9.59 Å². The Morgan fingerprint density at radius 1 is 0.769 bits per heavy atom. The van der Waals surface area contributed by atoms with E-state index >= 15 is 0 Å². The number of para-hydroxylation sites is 1. The Labute approximate surface area is 309 Å².